The number of thiophene rings is 1. The molecule has 1 aromatic carbocycles. The fourth-order valence-electron chi connectivity index (χ4n) is 1.84. The van der Waals surface area contributed by atoms with Gasteiger partial charge in [0.05, 0.1) is 12.2 Å². The van der Waals surface area contributed by atoms with Crippen LogP contribution in [0.2, 0.25) is 0 Å². The summed E-state index contributed by atoms with van der Waals surface area (Å²) in [6.45, 7) is -1.47. The van der Waals surface area contributed by atoms with Crippen LogP contribution in [0.5, 0.6) is 0 Å². The topological polar surface area (TPSA) is 38.3 Å². The van der Waals surface area contributed by atoms with Crippen LogP contribution in [0.3, 0.4) is 0 Å². The second-order valence-corrected chi connectivity index (χ2v) is 6.84. The Kier molecular flexibility index (Phi) is 7.14. The number of ether oxygens (including phenoxy) is 1. The van der Waals surface area contributed by atoms with E-state index >= 15 is 0 Å². The Morgan fingerprint density at radius 2 is 2.00 bits per heavy atom. The predicted octanol–water partition coefficient (Wildman–Crippen LogP) is 4.35. The normalized spacial score (nSPS) is 11.5. The molecule has 1 N–H and O–H groups in total. The highest BCUT2D eigenvalue weighted by molar-refractivity contribution is 7.98. The summed E-state index contributed by atoms with van der Waals surface area (Å²) in [4.78, 5) is 14.2. The molecule has 0 radical (unpaired) electrons. The lowest BCUT2D eigenvalue weighted by atomic mass is 10.2. The molecule has 1 heterocycles. The number of halogens is 3. The summed E-state index contributed by atoms with van der Waals surface area (Å²) in [5.41, 5.74) is 0.509. The van der Waals surface area contributed by atoms with Crippen LogP contribution in [-0.4, -0.2) is 31.8 Å². The van der Waals surface area contributed by atoms with Gasteiger partial charge in [0.25, 0.3) is 5.91 Å². The van der Waals surface area contributed by atoms with Crippen molar-refractivity contribution >= 4 is 29.0 Å². The maximum Gasteiger partial charge on any atom is 0.411 e. The predicted molar refractivity (Wildman–Crippen MR) is 89.5 cm³/mol. The number of hydrogen-bond donors (Lipinski definition) is 1. The minimum absolute atomic E-state index is 0.0266. The Labute approximate surface area is 146 Å². The SMILES string of the molecule is O=C(NCCOCC(F)(F)F)c1ccccc1SCc1cccs1. The molecule has 0 aliphatic heterocycles. The van der Waals surface area contributed by atoms with Gasteiger partial charge in [0, 0.05) is 22.1 Å². The Bertz CT molecular complexity index is 645. The lowest BCUT2D eigenvalue weighted by Gasteiger charge is -2.10. The van der Waals surface area contributed by atoms with Crippen LogP contribution in [0, 0.1) is 0 Å². The van der Waals surface area contributed by atoms with Crippen molar-refractivity contribution in [3.05, 3.63) is 52.2 Å². The minimum atomic E-state index is -4.35. The van der Waals surface area contributed by atoms with Crippen LogP contribution in [0.25, 0.3) is 0 Å². The third kappa shape index (κ3) is 6.54. The molecule has 0 atom stereocenters. The number of hydrogen-bond acceptors (Lipinski definition) is 4. The molecule has 0 aliphatic rings. The highest BCUT2D eigenvalue weighted by Crippen LogP contribution is 2.27. The standard InChI is InChI=1S/C16H16F3NO2S2/c17-16(18,19)11-22-8-7-20-15(21)13-5-1-2-6-14(13)24-10-12-4-3-9-23-12/h1-6,9H,7-8,10-11H2,(H,20,21). The molecule has 0 bridgehead atoms. The molecule has 2 aromatic rings. The quantitative estimate of drug-likeness (QED) is 0.551. The molecule has 1 aromatic heterocycles. The van der Waals surface area contributed by atoms with Gasteiger partial charge in [-0.3, -0.25) is 4.79 Å². The van der Waals surface area contributed by atoms with Crippen molar-refractivity contribution in [3.63, 3.8) is 0 Å². The third-order valence-electron chi connectivity index (χ3n) is 2.88. The van der Waals surface area contributed by atoms with E-state index in [9.17, 15) is 18.0 Å². The largest absolute Gasteiger partial charge is 0.411 e. The second kappa shape index (κ2) is 9.10. The van der Waals surface area contributed by atoms with Crippen molar-refractivity contribution < 1.29 is 22.7 Å². The summed E-state index contributed by atoms with van der Waals surface area (Å²) >= 11 is 3.20. The highest BCUT2D eigenvalue weighted by Gasteiger charge is 2.27. The molecular weight excluding hydrogens is 359 g/mol. The first-order chi connectivity index (χ1) is 11.5. The van der Waals surface area contributed by atoms with Gasteiger partial charge >= 0.3 is 6.18 Å². The van der Waals surface area contributed by atoms with Gasteiger partial charge in [0.15, 0.2) is 0 Å². The van der Waals surface area contributed by atoms with Crippen molar-refractivity contribution in [2.45, 2.75) is 16.8 Å². The molecule has 1 amide bonds. The summed E-state index contributed by atoms with van der Waals surface area (Å²) < 4.78 is 40.3. The first-order valence-electron chi connectivity index (χ1n) is 7.12. The number of amides is 1. The van der Waals surface area contributed by atoms with Crippen molar-refractivity contribution in [1.29, 1.82) is 0 Å². The maximum atomic E-state index is 12.2. The zero-order valence-electron chi connectivity index (χ0n) is 12.6. The van der Waals surface area contributed by atoms with Crippen LogP contribution in [0.1, 0.15) is 15.2 Å². The van der Waals surface area contributed by atoms with Crippen LogP contribution >= 0.6 is 23.1 Å². The van der Waals surface area contributed by atoms with Gasteiger partial charge < -0.3 is 10.1 Å². The van der Waals surface area contributed by atoms with E-state index in [0.29, 0.717) is 5.56 Å². The number of carbonyl (C=O) groups excluding carboxylic acids is 1. The molecule has 0 aliphatic carbocycles. The molecular formula is C16H16F3NO2S2. The van der Waals surface area contributed by atoms with Gasteiger partial charge in [-0.1, -0.05) is 18.2 Å². The molecule has 24 heavy (non-hydrogen) atoms. The number of alkyl halides is 3. The van der Waals surface area contributed by atoms with Crippen LogP contribution in [0.15, 0.2) is 46.7 Å². The monoisotopic (exact) mass is 375 g/mol. The van der Waals surface area contributed by atoms with E-state index in [1.807, 2.05) is 29.6 Å². The Hall–Kier alpha value is -1.51. The summed E-state index contributed by atoms with van der Waals surface area (Å²) in [6.07, 6.45) is -4.35. The summed E-state index contributed by atoms with van der Waals surface area (Å²) in [6, 6.07) is 11.2. The zero-order valence-corrected chi connectivity index (χ0v) is 14.3. The molecule has 8 heteroatoms. The average molecular weight is 375 g/mol. The van der Waals surface area contributed by atoms with Crippen LogP contribution in [0.4, 0.5) is 13.2 Å². The molecule has 0 spiro atoms. The Morgan fingerprint density at radius 1 is 1.21 bits per heavy atom. The Morgan fingerprint density at radius 3 is 2.71 bits per heavy atom. The fourth-order valence-corrected chi connectivity index (χ4v) is 3.67. The maximum absolute atomic E-state index is 12.2. The molecule has 0 unspecified atom stereocenters. The fraction of sp³-hybridized carbons (Fsp3) is 0.312. The van der Waals surface area contributed by atoms with Gasteiger partial charge in [-0.05, 0) is 23.6 Å². The lowest BCUT2D eigenvalue weighted by molar-refractivity contribution is -0.173. The molecule has 0 fully saturated rings. The van der Waals surface area contributed by atoms with Gasteiger partial charge in [0.2, 0.25) is 0 Å². The first-order valence-corrected chi connectivity index (χ1v) is 8.99. The van der Waals surface area contributed by atoms with E-state index < -0.39 is 12.8 Å². The molecule has 0 saturated carbocycles. The third-order valence-corrected chi connectivity index (χ3v) is 5.06. The lowest BCUT2D eigenvalue weighted by Crippen LogP contribution is -2.29. The van der Waals surface area contributed by atoms with E-state index in [0.717, 1.165) is 10.6 Å². The number of nitrogens with one attached hydrogen (secondary N) is 1. The number of carbonyl (C=O) groups is 1. The van der Waals surface area contributed by atoms with Crippen molar-refractivity contribution in [2.24, 2.45) is 0 Å². The van der Waals surface area contributed by atoms with E-state index in [2.05, 4.69) is 10.1 Å². The summed E-state index contributed by atoms with van der Waals surface area (Å²) in [5, 5.41) is 4.57. The van der Waals surface area contributed by atoms with Gasteiger partial charge in [-0.25, -0.2) is 0 Å². The number of rotatable bonds is 8. The number of thioether (sulfide) groups is 1. The van der Waals surface area contributed by atoms with Gasteiger partial charge in [0.1, 0.15) is 6.61 Å². The number of benzene rings is 1. The van der Waals surface area contributed by atoms with Gasteiger partial charge in [-0.15, -0.1) is 23.1 Å². The van der Waals surface area contributed by atoms with Crippen molar-refractivity contribution in [2.75, 3.05) is 19.8 Å². The van der Waals surface area contributed by atoms with Gasteiger partial charge in [-0.2, -0.15) is 13.2 Å². The van der Waals surface area contributed by atoms with E-state index in [-0.39, 0.29) is 19.1 Å². The summed E-state index contributed by atoms with van der Waals surface area (Å²) in [7, 11) is 0. The molecule has 130 valence electrons. The molecule has 3 nitrogen and oxygen atoms in total. The van der Waals surface area contributed by atoms with E-state index in [4.69, 9.17) is 0 Å². The zero-order chi connectivity index (χ0) is 17.4. The smallest absolute Gasteiger partial charge is 0.370 e. The first kappa shape index (κ1) is 18.8. The van der Waals surface area contributed by atoms with Crippen LogP contribution < -0.4 is 5.32 Å². The highest BCUT2D eigenvalue weighted by atomic mass is 32.2. The van der Waals surface area contributed by atoms with Crippen molar-refractivity contribution in [3.8, 4) is 0 Å². The minimum Gasteiger partial charge on any atom is -0.370 e. The molecule has 0 saturated heterocycles. The average Bonchev–Trinajstić information content (AvgIpc) is 3.05. The molecule has 2 rings (SSSR count). The van der Waals surface area contributed by atoms with E-state index in [1.165, 1.54) is 4.88 Å². The summed E-state index contributed by atoms with van der Waals surface area (Å²) in [5.74, 6) is 0.441. The van der Waals surface area contributed by atoms with Crippen molar-refractivity contribution in [1.82, 2.24) is 5.32 Å². The Balaban J connectivity index is 1.83. The second-order valence-electron chi connectivity index (χ2n) is 4.79. The van der Waals surface area contributed by atoms with Crippen LogP contribution in [-0.2, 0) is 10.5 Å². The van der Waals surface area contributed by atoms with E-state index in [1.54, 1.807) is 35.2 Å².